The van der Waals surface area contributed by atoms with Crippen LogP contribution in [0.3, 0.4) is 0 Å². The van der Waals surface area contributed by atoms with Crippen LogP contribution in [0.5, 0.6) is 5.75 Å². The summed E-state index contributed by atoms with van der Waals surface area (Å²) in [7, 11) is 11.9. The van der Waals surface area contributed by atoms with E-state index in [0.29, 0.717) is 6.07 Å². The molecule has 1 aliphatic heterocycles. The lowest BCUT2D eigenvalue weighted by Crippen LogP contribution is -2.34. The van der Waals surface area contributed by atoms with Crippen molar-refractivity contribution in [1.82, 2.24) is 4.57 Å². The molecule has 8 nitrogen and oxygen atoms in total. The minimum absolute atomic E-state index is 0.0588. The standard InChI is InChI=1S/C12H23F3NO7P13S/c1-5(17)6-4-9(23-37(20,21)12(13,14)15)10(18)16-7(6)2-3-8(16)11(19)22-31(35(30)32(24)25)36(33(26)27)34(28)29/h4,8H,2-3,24-30H2,1H3. The third-order valence-corrected chi connectivity index (χ3v) is 76.1. The van der Waals surface area contributed by atoms with Crippen LogP contribution in [0.15, 0.2) is 10.9 Å². The number of ketones is 1. The van der Waals surface area contributed by atoms with Gasteiger partial charge in [0.05, 0.1) is 0 Å². The van der Waals surface area contributed by atoms with Crippen molar-refractivity contribution in [2.24, 2.45) is 0 Å². The van der Waals surface area contributed by atoms with E-state index < -0.39 is 87.2 Å². The van der Waals surface area contributed by atoms with Gasteiger partial charge in [-0.05, 0) is 40.7 Å². The van der Waals surface area contributed by atoms with Crippen LogP contribution in [0.1, 0.15) is 35.4 Å². The summed E-state index contributed by atoms with van der Waals surface area (Å²) in [6, 6.07) is -0.558. The van der Waals surface area contributed by atoms with Crippen molar-refractivity contribution in [3.8, 4) is 5.75 Å². The molecule has 0 aromatic carbocycles. The van der Waals surface area contributed by atoms with Gasteiger partial charge in [-0.25, -0.2) is 4.79 Å². The lowest BCUT2D eigenvalue weighted by molar-refractivity contribution is -0.137. The predicted octanol–water partition coefficient (Wildman–Crippen LogP) is 8.22. The molecule has 10 atom stereocenters. The zero-order valence-electron chi connectivity index (χ0n) is 18.6. The third-order valence-electron chi connectivity index (χ3n) is 4.56. The Kier molecular flexibility index (Phi) is 14.6. The molecule has 0 fully saturated rings. The van der Waals surface area contributed by atoms with Gasteiger partial charge in [-0.1, -0.05) is 8.93 Å². The number of alkyl halides is 3. The molecule has 1 aliphatic rings. The van der Waals surface area contributed by atoms with Crippen molar-refractivity contribution in [2.45, 2.75) is 31.3 Å². The fraction of sp³-hybridized carbons (Fsp3) is 0.417. The van der Waals surface area contributed by atoms with Crippen LogP contribution in [0.2, 0.25) is 0 Å². The highest BCUT2D eigenvalue weighted by atomic mass is 33.2. The van der Waals surface area contributed by atoms with Gasteiger partial charge in [0.15, 0.2) is 13.3 Å². The zero-order chi connectivity index (χ0) is 28.6. The maximum atomic E-state index is 13.5. The summed E-state index contributed by atoms with van der Waals surface area (Å²) in [5.41, 5.74) is -7.13. The number of fused-ring (bicyclic) bond motifs is 1. The van der Waals surface area contributed by atoms with Crippen LogP contribution in [-0.4, -0.2) is 30.2 Å². The second-order valence-corrected chi connectivity index (χ2v) is 57.3. The first-order valence-corrected chi connectivity index (χ1v) is 33.6. The molecule has 0 saturated heterocycles. The molecule has 1 aromatic rings. The third kappa shape index (κ3) is 8.88. The van der Waals surface area contributed by atoms with E-state index in [0.717, 1.165) is 11.5 Å². The van der Waals surface area contributed by atoms with E-state index in [-0.39, 0.29) is 24.1 Å². The van der Waals surface area contributed by atoms with Gasteiger partial charge in [0.2, 0.25) is 5.75 Å². The Balaban J connectivity index is 2.60. The average molecular weight is 785 g/mol. The molecule has 37 heavy (non-hydrogen) atoms. The largest absolute Gasteiger partial charge is 0.534 e. The number of hydrogen-bond donors (Lipinski definition) is 0. The SMILES string of the molecule is CC(=O)c1cc(OS(=O)(=O)C(F)(F)F)c(=O)n2c1CCC2C(=O)OP(P(P)P(P)P)P(P(P)P)P(P)P. The van der Waals surface area contributed by atoms with Crippen molar-refractivity contribution in [2.75, 3.05) is 0 Å². The van der Waals surface area contributed by atoms with Crippen LogP contribution in [0.4, 0.5) is 13.2 Å². The maximum Gasteiger partial charge on any atom is 0.534 e. The van der Waals surface area contributed by atoms with Gasteiger partial charge < -0.3 is 8.71 Å². The second-order valence-electron chi connectivity index (χ2n) is 7.03. The van der Waals surface area contributed by atoms with Gasteiger partial charge in [-0.3, -0.25) is 14.2 Å². The monoisotopic (exact) mass is 785 g/mol. The van der Waals surface area contributed by atoms with Gasteiger partial charge in [-0.2, -0.15) is 21.6 Å². The number of carbonyl (C=O) groups is 2. The van der Waals surface area contributed by atoms with Crippen molar-refractivity contribution in [1.29, 1.82) is 0 Å². The van der Waals surface area contributed by atoms with E-state index in [2.05, 4.69) is 66.7 Å². The van der Waals surface area contributed by atoms with E-state index in [4.69, 9.17) is 4.52 Å². The van der Waals surface area contributed by atoms with E-state index in [9.17, 15) is 36.0 Å². The Morgan fingerprint density at radius 1 is 1.05 bits per heavy atom. The number of halogens is 3. The first kappa shape index (κ1) is 36.4. The minimum Gasteiger partial charge on any atom is -0.433 e. The molecule has 2 heterocycles. The summed E-state index contributed by atoms with van der Waals surface area (Å²) in [6.07, 6.45) is 0.154. The second kappa shape index (κ2) is 14.8. The van der Waals surface area contributed by atoms with Crippen molar-refractivity contribution >= 4 is 127 Å². The zero-order valence-corrected chi connectivity index (χ0v) is 32.9. The molecule has 0 aliphatic carbocycles. The Labute approximate surface area is 235 Å². The molecule has 10 unspecified atom stereocenters. The quantitative estimate of drug-likeness (QED) is 0.102. The number of pyridine rings is 1. The highest BCUT2D eigenvalue weighted by Crippen LogP contribution is 3.17. The molecular formula is C12H23F3NO7P13S. The number of rotatable bonds is 10. The lowest BCUT2D eigenvalue weighted by atomic mass is 10.1. The highest BCUT2D eigenvalue weighted by molar-refractivity contribution is 9.19. The normalized spacial score (nSPS) is 17.9. The predicted molar refractivity (Wildman–Crippen MR) is 179 cm³/mol. The number of aromatic nitrogens is 1. The fourth-order valence-corrected chi connectivity index (χ4v) is 98.7. The first-order chi connectivity index (χ1) is 16.8. The van der Waals surface area contributed by atoms with E-state index in [1.165, 1.54) is 0 Å². The van der Waals surface area contributed by atoms with Crippen molar-refractivity contribution in [3.63, 3.8) is 0 Å². The Bertz CT molecular complexity index is 1200. The molecule has 1 aromatic heterocycles. The van der Waals surface area contributed by atoms with Crippen LogP contribution in [-0.2, 0) is 25.9 Å². The molecule has 0 saturated carbocycles. The lowest BCUT2D eigenvalue weighted by Gasteiger charge is -2.36. The van der Waals surface area contributed by atoms with Gasteiger partial charge in [-0.15, -0.1) is 53.6 Å². The Morgan fingerprint density at radius 3 is 2.03 bits per heavy atom. The van der Waals surface area contributed by atoms with Crippen LogP contribution in [0, 0.1) is 0 Å². The van der Waals surface area contributed by atoms with Crippen LogP contribution >= 0.6 is 105 Å². The Morgan fingerprint density at radius 2 is 1.59 bits per heavy atom. The molecule has 210 valence electrons. The van der Waals surface area contributed by atoms with Crippen LogP contribution < -0.4 is 9.74 Å². The molecule has 0 amide bonds. The van der Waals surface area contributed by atoms with Gasteiger partial charge in [0.25, 0.3) is 5.56 Å². The number of nitrogens with zero attached hydrogens (tertiary/aromatic N) is 1. The van der Waals surface area contributed by atoms with Gasteiger partial charge in [0, 0.05) is 31.3 Å². The van der Waals surface area contributed by atoms with Crippen molar-refractivity contribution in [3.05, 3.63) is 27.7 Å². The Hall–Kier alpha value is 3.22. The smallest absolute Gasteiger partial charge is 0.433 e. The summed E-state index contributed by atoms with van der Waals surface area (Å²) in [4.78, 5) is 38.8. The van der Waals surface area contributed by atoms with E-state index >= 15 is 0 Å². The first-order valence-electron chi connectivity index (χ1n) is 9.36. The summed E-state index contributed by atoms with van der Waals surface area (Å²) in [6.45, 7) is -2.33. The molecule has 0 radical (unpaired) electrons. The highest BCUT2D eigenvalue weighted by Gasteiger charge is 2.49. The molecule has 2 rings (SSSR count). The summed E-state index contributed by atoms with van der Waals surface area (Å²) < 4.78 is 73.0. The molecule has 0 N–H and O–H groups in total. The molecule has 0 spiro atoms. The molecule has 25 heteroatoms. The molecule has 0 bridgehead atoms. The fourth-order valence-electron chi connectivity index (χ4n) is 3.07. The number of hydrogen-bond acceptors (Lipinski definition) is 7. The number of carbonyl (C=O) groups excluding carboxylic acids is 2. The maximum absolute atomic E-state index is 13.5. The topological polar surface area (TPSA) is 109 Å². The summed E-state index contributed by atoms with van der Waals surface area (Å²) >= 11 is 0. The summed E-state index contributed by atoms with van der Waals surface area (Å²) in [5, 5.41) is 0. The van der Waals surface area contributed by atoms with Crippen molar-refractivity contribution < 1.29 is 39.9 Å². The average Bonchev–Trinajstić information content (AvgIpc) is 3.18. The van der Waals surface area contributed by atoms with Gasteiger partial charge >= 0.3 is 21.6 Å². The van der Waals surface area contributed by atoms with Gasteiger partial charge in [0.1, 0.15) is 6.04 Å². The molecular weight excluding hydrogens is 762 g/mol. The van der Waals surface area contributed by atoms with E-state index in [1.54, 1.807) is 0 Å². The number of Topliss-reactive ketones (excluding diaryl/α,β-unsaturated/α-hetero) is 1. The minimum atomic E-state index is -6.18. The summed E-state index contributed by atoms with van der Waals surface area (Å²) in [5.74, 6) is -2.58. The van der Waals surface area contributed by atoms with Crippen LogP contribution in [0.25, 0.3) is 0 Å². The van der Waals surface area contributed by atoms with E-state index in [1.807, 2.05) is 0 Å².